The molecule has 1 rings (SSSR count). The quantitative estimate of drug-likeness (QED) is 0.452. The number of carboxylic acids is 1. The van der Waals surface area contributed by atoms with Crippen molar-refractivity contribution in [2.45, 2.75) is 19.4 Å². The van der Waals surface area contributed by atoms with Crippen LogP contribution in [0.25, 0.3) is 0 Å². The van der Waals surface area contributed by atoms with Crippen LogP contribution in [0.3, 0.4) is 0 Å². The molecule has 1 aromatic carbocycles. The maximum atomic E-state index is 11.8. The van der Waals surface area contributed by atoms with Gasteiger partial charge in [-0.25, -0.2) is 9.59 Å². The van der Waals surface area contributed by atoms with Crippen LogP contribution in [0.15, 0.2) is 18.2 Å². The molecule has 2 N–H and O–H groups in total. The molecule has 0 saturated carbocycles. The fraction of sp³-hybridized carbons (Fsp3) is 0.357. The first-order chi connectivity index (χ1) is 9.92. The van der Waals surface area contributed by atoms with E-state index in [9.17, 15) is 19.5 Å². The molecule has 0 aliphatic rings. The number of carboxylic acid groups (broad SMARTS) is 1. The van der Waals surface area contributed by atoms with Crippen LogP contribution in [0.1, 0.15) is 45.7 Å². The van der Waals surface area contributed by atoms with Gasteiger partial charge in [0.25, 0.3) is 0 Å². The number of alkyl halides is 1. The number of ketones is 1. The van der Waals surface area contributed by atoms with Crippen molar-refractivity contribution >= 4 is 29.3 Å². The number of aliphatic hydroxyl groups is 1. The Morgan fingerprint density at radius 2 is 2.00 bits per heavy atom. The van der Waals surface area contributed by atoms with Gasteiger partial charge in [-0.2, -0.15) is 0 Å². The number of benzene rings is 1. The molecule has 1 aromatic rings. The molecular weight excluding hydrogens is 300 g/mol. The summed E-state index contributed by atoms with van der Waals surface area (Å²) in [6.07, 6.45) is -1.85. The number of esters is 1. The van der Waals surface area contributed by atoms with Gasteiger partial charge >= 0.3 is 11.9 Å². The topological polar surface area (TPSA) is 101 Å². The molecule has 0 saturated heterocycles. The number of carbonyl (C=O) groups is 3. The highest BCUT2D eigenvalue weighted by Gasteiger charge is 2.25. The van der Waals surface area contributed by atoms with Crippen molar-refractivity contribution in [3.05, 3.63) is 34.9 Å². The van der Waals surface area contributed by atoms with Gasteiger partial charge in [0.2, 0.25) is 0 Å². The summed E-state index contributed by atoms with van der Waals surface area (Å²) in [6.45, 7) is 1.71. The van der Waals surface area contributed by atoms with E-state index in [0.29, 0.717) is 0 Å². The summed E-state index contributed by atoms with van der Waals surface area (Å²) in [5, 5.41) is 18.6. The van der Waals surface area contributed by atoms with Crippen LogP contribution in [0.5, 0.6) is 0 Å². The number of rotatable bonds is 7. The first kappa shape index (κ1) is 17.1. The zero-order valence-corrected chi connectivity index (χ0v) is 12.1. The maximum absolute atomic E-state index is 11.8. The lowest BCUT2D eigenvalue weighted by molar-refractivity contribution is -0.146. The van der Waals surface area contributed by atoms with Crippen molar-refractivity contribution in [2.75, 3.05) is 12.5 Å². The Morgan fingerprint density at radius 1 is 1.33 bits per heavy atom. The summed E-state index contributed by atoms with van der Waals surface area (Å²) >= 11 is 5.48. The molecular formula is C14H15ClO6. The van der Waals surface area contributed by atoms with E-state index in [1.807, 2.05) is 0 Å². The van der Waals surface area contributed by atoms with Crippen LogP contribution < -0.4 is 0 Å². The highest BCUT2D eigenvalue weighted by atomic mass is 35.5. The summed E-state index contributed by atoms with van der Waals surface area (Å²) in [5.74, 6) is -2.47. The smallest absolute Gasteiger partial charge is 0.338 e. The van der Waals surface area contributed by atoms with E-state index in [1.54, 1.807) is 6.92 Å². The standard InChI is InChI=1S/C14H15ClO6/c1-2-21-14(20)9-4-3-8(11(16)5-6-15)7-10(9)12(17)13(18)19/h3-4,7,12,17H,2,5-6H2,1H3,(H,18,19). The Balaban J connectivity index is 3.29. The highest BCUT2D eigenvalue weighted by molar-refractivity contribution is 6.19. The SMILES string of the molecule is CCOC(=O)c1ccc(C(=O)CCCl)cc1C(O)C(=O)O. The molecule has 114 valence electrons. The number of hydrogen-bond donors (Lipinski definition) is 2. The molecule has 0 heterocycles. The molecule has 1 atom stereocenters. The Bertz CT molecular complexity index is 554. The van der Waals surface area contributed by atoms with Crippen molar-refractivity contribution < 1.29 is 29.3 Å². The summed E-state index contributed by atoms with van der Waals surface area (Å²) < 4.78 is 4.80. The number of halogens is 1. The minimum atomic E-state index is -1.92. The lowest BCUT2D eigenvalue weighted by atomic mass is 9.97. The van der Waals surface area contributed by atoms with Crippen LogP contribution >= 0.6 is 11.6 Å². The Kier molecular flexibility index (Phi) is 6.33. The molecule has 0 fully saturated rings. The van der Waals surface area contributed by atoms with Gasteiger partial charge in [0.1, 0.15) is 0 Å². The van der Waals surface area contributed by atoms with Gasteiger partial charge in [-0.3, -0.25) is 4.79 Å². The Hall–Kier alpha value is -1.92. The van der Waals surface area contributed by atoms with E-state index in [-0.39, 0.29) is 41.4 Å². The number of Topliss-reactive ketones (excluding diaryl/α,β-unsaturated/α-hetero) is 1. The van der Waals surface area contributed by atoms with Crippen LogP contribution in [0.2, 0.25) is 0 Å². The van der Waals surface area contributed by atoms with Crippen LogP contribution in [-0.2, 0) is 9.53 Å². The highest BCUT2D eigenvalue weighted by Crippen LogP contribution is 2.22. The van der Waals surface area contributed by atoms with Crippen molar-refractivity contribution in [2.24, 2.45) is 0 Å². The molecule has 6 nitrogen and oxygen atoms in total. The molecule has 0 bridgehead atoms. The van der Waals surface area contributed by atoms with Gasteiger partial charge in [-0.15, -0.1) is 11.6 Å². The van der Waals surface area contributed by atoms with Crippen molar-refractivity contribution in [1.82, 2.24) is 0 Å². The minimum Gasteiger partial charge on any atom is -0.479 e. The molecule has 0 spiro atoms. The third-order valence-electron chi connectivity index (χ3n) is 2.72. The lowest BCUT2D eigenvalue weighted by Crippen LogP contribution is -2.17. The van der Waals surface area contributed by atoms with Gasteiger partial charge in [0.05, 0.1) is 12.2 Å². The van der Waals surface area contributed by atoms with Gasteiger partial charge in [-0.05, 0) is 19.1 Å². The van der Waals surface area contributed by atoms with Crippen LogP contribution in [0, 0.1) is 0 Å². The second-order valence-corrected chi connectivity index (χ2v) is 4.50. The van der Waals surface area contributed by atoms with Gasteiger partial charge in [0, 0.05) is 23.4 Å². The molecule has 0 radical (unpaired) electrons. The summed E-state index contributed by atoms with van der Waals surface area (Å²) in [6, 6.07) is 3.82. The van der Waals surface area contributed by atoms with Crippen molar-refractivity contribution in [3.63, 3.8) is 0 Å². The molecule has 0 aromatic heterocycles. The van der Waals surface area contributed by atoms with Gasteiger partial charge in [0.15, 0.2) is 11.9 Å². The number of aliphatic carboxylic acids is 1. The monoisotopic (exact) mass is 314 g/mol. The van der Waals surface area contributed by atoms with Crippen molar-refractivity contribution in [1.29, 1.82) is 0 Å². The number of ether oxygens (including phenoxy) is 1. The zero-order valence-electron chi connectivity index (χ0n) is 11.3. The Labute approximate surface area is 126 Å². The third kappa shape index (κ3) is 4.27. The van der Waals surface area contributed by atoms with Crippen LogP contribution in [-0.4, -0.2) is 40.4 Å². The summed E-state index contributed by atoms with van der Waals surface area (Å²) in [7, 11) is 0. The second-order valence-electron chi connectivity index (χ2n) is 4.13. The van der Waals surface area contributed by atoms with Gasteiger partial charge < -0.3 is 14.9 Å². The summed E-state index contributed by atoms with van der Waals surface area (Å²) in [5.41, 5.74) is -0.0884. The number of hydrogen-bond acceptors (Lipinski definition) is 5. The van der Waals surface area contributed by atoms with Crippen LogP contribution in [0.4, 0.5) is 0 Å². The third-order valence-corrected chi connectivity index (χ3v) is 2.91. The molecule has 0 aliphatic carbocycles. The predicted octanol–water partition coefficient (Wildman–Crippen LogP) is 1.79. The minimum absolute atomic E-state index is 0.0723. The Morgan fingerprint density at radius 3 is 2.52 bits per heavy atom. The van der Waals surface area contributed by atoms with E-state index in [4.69, 9.17) is 21.4 Å². The predicted molar refractivity (Wildman–Crippen MR) is 74.7 cm³/mol. The zero-order chi connectivity index (χ0) is 16.0. The van der Waals surface area contributed by atoms with E-state index < -0.39 is 18.0 Å². The fourth-order valence-corrected chi connectivity index (χ4v) is 1.89. The van der Waals surface area contributed by atoms with Gasteiger partial charge in [-0.1, -0.05) is 6.07 Å². The average Bonchev–Trinajstić information content (AvgIpc) is 2.46. The van der Waals surface area contributed by atoms with E-state index in [2.05, 4.69) is 0 Å². The molecule has 21 heavy (non-hydrogen) atoms. The van der Waals surface area contributed by atoms with E-state index >= 15 is 0 Å². The van der Waals surface area contributed by atoms with Crippen molar-refractivity contribution in [3.8, 4) is 0 Å². The average molecular weight is 315 g/mol. The molecule has 1 unspecified atom stereocenters. The second kappa shape index (κ2) is 7.75. The molecule has 0 aliphatic heterocycles. The number of aliphatic hydroxyl groups excluding tert-OH is 1. The fourth-order valence-electron chi connectivity index (χ4n) is 1.72. The largest absolute Gasteiger partial charge is 0.479 e. The molecule has 0 amide bonds. The van der Waals surface area contributed by atoms with E-state index in [1.165, 1.54) is 18.2 Å². The number of carbonyl (C=O) groups excluding carboxylic acids is 2. The molecule has 7 heteroatoms. The first-order valence-corrected chi connectivity index (χ1v) is 6.76. The maximum Gasteiger partial charge on any atom is 0.338 e. The van der Waals surface area contributed by atoms with E-state index in [0.717, 1.165) is 0 Å². The first-order valence-electron chi connectivity index (χ1n) is 6.23. The normalized spacial score (nSPS) is 11.8. The summed E-state index contributed by atoms with van der Waals surface area (Å²) in [4.78, 5) is 34.5. The lowest BCUT2D eigenvalue weighted by Gasteiger charge is -2.13.